The fourth-order valence-corrected chi connectivity index (χ4v) is 4.24. The SMILES string of the molecule is CCC1CC(=O)N(CC2Cc3ccccc3S2)C1. The summed E-state index contributed by atoms with van der Waals surface area (Å²) in [6, 6.07) is 8.61. The van der Waals surface area contributed by atoms with E-state index in [0.29, 0.717) is 17.1 Å². The van der Waals surface area contributed by atoms with Gasteiger partial charge in [0.15, 0.2) is 0 Å². The molecule has 1 aromatic carbocycles. The van der Waals surface area contributed by atoms with Crippen molar-refractivity contribution in [3.63, 3.8) is 0 Å². The van der Waals surface area contributed by atoms with Crippen molar-refractivity contribution in [1.82, 2.24) is 4.90 Å². The highest BCUT2D eigenvalue weighted by Gasteiger charge is 2.32. The number of benzene rings is 1. The quantitative estimate of drug-likeness (QED) is 0.834. The third-order valence-corrected chi connectivity index (χ3v) is 5.31. The molecular weight excluding hydrogens is 242 g/mol. The third kappa shape index (κ3) is 2.28. The van der Waals surface area contributed by atoms with E-state index in [9.17, 15) is 4.79 Å². The molecule has 2 heterocycles. The Morgan fingerprint density at radius 1 is 1.33 bits per heavy atom. The van der Waals surface area contributed by atoms with Gasteiger partial charge in [-0.05, 0) is 24.0 Å². The smallest absolute Gasteiger partial charge is 0.222 e. The average molecular weight is 261 g/mol. The van der Waals surface area contributed by atoms with Gasteiger partial charge in [0, 0.05) is 29.7 Å². The number of amides is 1. The molecule has 2 aliphatic rings. The molecule has 0 saturated carbocycles. The van der Waals surface area contributed by atoms with E-state index >= 15 is 0 Å². The Hall–Kier alpha value is -0.960. The van der Waals surface area contributed by atoms with Crippen molar-refractivity contribution >= 4 is 17.7 Å². The maximum absolute atomic E-state index is 11.9. The van der Waals surface area contributed by atoms with Crippen LogP contribution in [0.4, 0.5) is 0 Å². The van der Waals surface area contributed by atoms with Crippen molar-refractivity contribution in [3.8, 4) is 0 Å². The largest absolute Gasteiger partial charge is 0.341 e. The summed E-state index contributed by atoms with van der Waals surface area (Å²) in [6.45, 7) is 4.08. The van der Waals surface area contributed by atoms with Gasteiger partial charge in [-0.2, -0.15) is 0 Å². The first-order valence-corrected chi connectivity index (χ1v) is 7.66. The van der Waals surface area contributed by atoms with Gasteiger partial charge in [-0.15, -0.1) is 11.8 Å². The summed E-state index contributed by atoms with van der Waals surface area (Å²) in [5, 5.41) is 0.557. The maximum Gasteiger partial charge on any atom is 0.222 e. The number of carbonyl (C=O) groups excluding carboxylic acids is 1. The lowest BCUT2D eigenvalue weighted by molar-refractivity contribution is -0.127. The van der Waals surface area contributed by atoms with Crippen molar-refractivity contribution in [1.29, 1.82) is 0 Å². The molecule has 2 atom stereocenters. The number of nitrogens with zero attached hydrogens (tertiary/aromatic N) is 1. The lowest BCUT2D eigenvalue weighted by Gasteiger charge is -2.20. The molecule has 2 nitrogen and oxygen atoms in total. The van der Waals surface area contributed by atoms with Gasteiger partial charge < -0.3 is 4.90 Å². The van der Waals surface area contributed by atoms with Gasteiger partial charge in [0.2, 0.25) is 5.91 Å². The molecule has 1 aromatic rings. The van der Waals surface area contributed by atoms with Crippen LogP contribution in [0, 0.1) is 5.92 Å². The molecule has 2 aliphatic heterocycles. The van der Waals surface area contributed by atoms with Crippen LogP contribution in [0.1, 0.15) is 25.3 Å². The summed E-state index contributed by atoms with van der Waals surface area (Å²) in [4.78, 5) is 15.4. The molecule has 0 spiro atoms. The van der Waals surface area contributed by atoms with E-state index in [2.05, 4.69) is 36.1 Å². The minimum absolute atomic E-state index is 0.360. The van der Waals surface area contributed by atoms with Gasteiger partial charge in [-0.1, -0.05) is 31.5 Å². The third-order valence-electron chi connectivity index (χ3n) is 4.01. The summed E-state index contributed by atoms with van der Waals surface area (Å²) in [7, 11) is 0. The fourth-order valence-electron chi connectivity index (χ4n) is 2.91. The second-order valence-corrected chi connectivity index (χ2v) is 6.67. The molecule has 96 valence electrons. The van der Waals surface area contributed by atoms with Crippen LogP contribution in [0.5, 0.6) is 0 Å². The standard InChI is InChI=1S/C15H19NOS/c1-2-11-7-15(17)16(9-11)10-13-8-12-5-3-4-6-14(12)18-13/h3-6,11,13H,2,7-10H2,1H3. The summed E-state index contributed by atoms with van der Waals surface area (Å²) < 4.78 is 0. The highest BCUT2D eigenvalue weighted by molar-refractivity contribution is 8.00. The van der Waals surface area contributed by atoms with Crippen LogP contribution < -0.4 is 0 Å². The Bertz CT molecular complexity index is 435. The van der Waals surface area contributed by atoms with Gasteiger partial charge in [0.1, 0.15) is 0 Å². The first-order chi connectivity index (χ1) is 8.76. The number of hydrogen-bond donors (Lipinski definition) is 0. The molecule has 1 fully saturated rings. The molecule has 3 rings (SSSR count). The monoisotopic (exact) mass is 261 g/mol. The normalized spacial score (nSPS) is 26.7. The van der Waals surface area contributed by atoms with E-state index in [0.717, 1.165) is 32.4 Å². The Kier molecular flexibility index (Phi) is 3.33. The number of thioether (sulfide) groups is 1. The minimum atomic E-state index is 0.360. The molecule has 2 unspecified atom stereocenters. The second kappa shape index (κ2) is 4.96. The summed E-state index contributed by atoms with van der Waals surface area (Å²) in [5.41, 5.74) is 1.45. The van der Waals surface area contributed by atoms with Crippen molar-refractivity contribution in [2.45, 2.75) is 36.3 Å². The van der Waals surface area contributed by atoms with Crippen LogP contribution >= 0.6 is 11.8 Å². The van der Waals surface area contributed by atoms with Crippen LogP contribution in [0.2, 0.25) is 0 Å². The van der Waals surface area contributed by atoms with E-state index in [1.54, 1.807) is 0 Å². The maximum atomic E-state index is 11.9. The molecule has 0 N–H and O–H groups in total. The topological polar surface area (TPSA) is 20.3 Å². The first kappa shape index (κ1) is 12.1. The molecule has 0 aliphatic carbocycles. The molecule has 3 heteroatoms. The van der Waals surface area contributed by atoms with Crippen molar-refractivity contribution < 1.29 is 4.79 Å². The fraction of sp³-hybridized carbons (Fsp3) is 0.533. The van der Waals surface area contributed by atoms with Gasteiger partial charge in [-0.3, -0.25) is 4.79 Å². The number of fused-ring (bicyclic) bond motifs is 1. The van der Waals surface area contributed by atoms with Crippen LogP contribution in [0.15, 0.2) is 29.2 Å². The van der Waals surface area contributed by atoms with Crippen LogP contribution in [-0.2, 0) is 11.2 Å². The Balaban J connectivity index is 1.61. The minimum Gasteiger partial charge on any atom is -0.341 e. The molecule has 18 heavy (non-hydrogen) atoms. The van der Waals surface area contributed by atoms with E-state index in [1.165, 1.54) is 10.5 Å². The van der Waals surface area contributed by atoms with E-state index < -0.39 is 0 Å². The predicted octanol–water partition coefficient (Wildman–Crippen LogP) is 2.96. The first-order valence-electron chi connectivity index (χ1n) is 6.78. The lowest BCUT2D eigenvalue weighted by atomic mass is 10.1. The zero-order valence-electron chi connectivity index (χ0n) is 10.8. The highest BCUT2D eigenvalue weighted by atomic mass is 32.2. The van der Waals surface area contributed by atoms with Gasteiger partial charge in [-0.25, -0.2) is 0 Å². The molecule has 0 bridgehead atoms. The van der Waals surface area contributed by atoms with Crippen LogP contribution in [0.25, 0.3) is 0 Å². The molecule has 1 saturated heterocycles. The van der Waals surface area contributed by atoms with Gasteiger partial charge in [0.05, 0.1) is 0 Å². The molecule has 0 radical (unpaired) electrons. The van der Waals surface area contributed by atoms with E-state index in [4.69, 9.17) is 0 Å². The molecule has 1 amide bonds. The lowest BCUT2D eigenvalue weighted by Crippen LogP contribution is -2.32. The van der Waals surface area contributed by atoms with E-state index in [-0.39, 0.29) is 0 Å². The zero-order valence-corrected chi connectivity index (χ0v) is 11.6. The van der Waals surface area contributed by atoms with Gasteiger partial charge >= 0.3 is 0 Å². The summed E-state index contributed by atoms with van der Waals surface area (Å²) >= 11 is 1.94. The van der Waals surface area contributed by atoms with E-state index in [1.807, 2.05) is 11.8 Å². The Morgan fingerprint density at radius 3 is 2.89 bits per heavy atom. The predicted molar refractivity (Wildman–Crippen MR) is 74.8 cm³/mol. The van der Waals surface area contributed by atoms with Gasteiger partial charge in [0.25, 0.3) is 0 Å². The Morgan fingerprint density at radius 2 is 2.17 bits per heavy atom. The van der Waals surface area contributed by atoms with Crippen LogP contribution in [-0.4, -0.2) is 29.1 Å². The van der Waals surface area contributed by atoms with Crippen molar-refractivity contribution in [2.24, 2.45) is 5.92 Å². The number of carbonyl (C=O) groups is 1. The summed E-state index contributed by atoms with van der Waals surface area (Å²) in [6.07, 6.45) is 3.00. The number of likely N-dealkylation sites (tertiary alicyclic amines) is 1. The molecular formula is C15H19NOS. The average Bonchev–Trinajstić information content (AvgIpc) is 2.93. The van der Waals surface area contributed by atoms with Crippen molar-refractivity contribution in [3.05, 3.63) is 29.8 Å². The Labute approximate surface area is 113 Å². The highest BCUT2D eigenvalue weighted by Crippen LogP contribution is 2.37. The second-order valence-electron chi connectivity index (χ2n) is 5.33. The molecule has 0 aromatic heterocycles. The number of rotatable bonds is 3. The zero-order chi connectivity index (χ0) is 12.5. The van der Waals surface area contributed by atoms with Crippen molar-refractivity contribution in [2.75, 3.05) is 13.1 Å². The number of hydrogen-bond acceptors (Lipinski definition) is 2. The summed E-state index contributed by atoms with van der Waals surface area (Å²) in [5.74, 6) is 0.949. The van der Waals surface area contributed by atoms with Crippen LogP contribution in [0.3, 0.4) is 0 Å².